The molecule has 1 fully saturated rings. The van der Waals surface area contributed by atoms with Gasteiger partial charge in [-0.3, -0.25) is 4.79 Å². The number of halogens is 1. The largest absolute Gasteiger partial charge is 0.481 e. The molecule has 1 saturated carbocycles. The van der Waals surface area contributed by atoms with Crippen LogP contribution in [0.3, 0.4) is 0 Å². The van der Waals surface area contributed by atoms with Gasteiger partial charge in [0.15, 0.2) is 0 Å². The molecule has 0 saturated heterocycles. The summed E-state index contributed by atoms with van der Waals surface area (Å²) in [4.78, 5) is 22.7. The second-order valence-corrected chi connectivity index (χ2v) is 5.69. The predicted molar refractivity (Wildman–Crippen MR) is 76.7 cm³/mol. The van der Waals surface area contributed by atoms with E-state index in [2.05, 4.69) is 10.6 Å². The number of anilines is 1. The summed E-state index contributed by atoms with van der Waals surface area (Å²) in [6.45, 7) is 2.09. The van der Waals surface area contributed by atoms with Crippen LogP contribution in [-0.2, 0) is 4.79 Å². The van der Waals surface area contributed by atoms with Crippen LogP contribution in [0.2, 0.25) is 0 Å². The second-order valence-electron chi connectivity index (χ2n) is 5.69. The van der Waals surface area contributed by atoms with Gasteiger partial charge in [-0.2, -0.15) is 0 Å². The molecule has 0 bridgehead atoms. The Hall–Kier alpha value is -2.11. The molecule has 0 unspecified atom stereocenters. The highest BCUT2D eigenvalue weighted by molar-refractivity contribution is 5.90. The lowest BCUT2D eigenvalue weighted by Crippen LogP contribution is -2.44. The van der Waals surface area contributed by atoms with E-state index in [1.165, 1.54) is 12.1 Å². The van der Waals surface area contributed by atoms with Gasteiger partial charge in [0, 0.05) is 12.2 Å². The van der Waals surface area contributed by atoms with Crippen molar-refractivity contribution in [1.82, 2.24) is 5.32 Å². The van der Waals surface area contributed by atoms with E-state index in [9.17, 15) is 14.0 Å². The molecule has 1 aliphatic carbocycles. The molecule has 114 valence electrons. The van der Waals surface area contributed by atoms with E-state index in [1.807, 2.05) is 0 Å². The van der Waals surface area contributed by atoms with Gasteiger partial charge in [-0.25, -0.2) is 9.18 Å². The SMILES string of the molecule is Cc1ccc(F)cc1NC(=O)NCC1(CC(=O)O)CCC1. The Balaban J connectivity index is 1.90. The van der Waals surface area contributed by atoms with Crippen molar-refractivity contribution in [2.24, 2.45) is 5.41 Å². The van der Waals surface area contributed by atoms with Gasteiger partial charge in [0.1, 0.15) is 5.82 Å². The summed E-state index contributed by atoms with van der Waals surface area (Å²) >= 11 is 0. The molecule has 0 aromatic heterocycles. The lowest BCUT2D eigenvalue weighted by atomic mass is 9.66. The molecule has 1 aromatic carbocycles. The number of hydrogen-bond acceptors (Lipinski definition) is 2. The minimum absolute atomic E-state index is 0.0618. The van der Waals surface area contributed by atoms with E-state index in [0.717, 1.165) is 24.8 Å². The highest BCUT2D eigenvalue weighted by Crippen LogP contribution is 2.43. The summed E-state index contributed by atoms with van der Waals surface area (Å²) in [5.74, 6) is -1.27. The number of rotatable bonds is 5. The van der Waals surface area contributed by atoms with Crippen molar-refractivity contribution in [2.45, 2.75) is 32.6 Å². The van der Waals surface area contributed by atoms with Gasteiger partial charge in [0.25, 0.3) is 0 Å². The van der Waals surface area contributed by atoms with Gasteiger partial charge >= 0.3 is 12.0 Å². The van der Waals surface area contributed by atoms with Crippen LogP contribution in [0.4, 0.5) is 14.9 Å². The number of aliphatic carboxylic acids is 1. The highest BCUT2D eigenvalue weighted by Gasteiger charge is 2.39. The van der Waals surface area contributed by atoms with Gasteiger partial charge < -0.3 is 15.7 Å². The number of carbonyl (C=O) groups excluding carboxylic acids is 1. The number of hydrogen-bond donors (Lipinski definition) is 3. The first-order chi connectivity index (χ1) is 9.90. The Morgan fingerprint density at radius 3 is 2.67 bits per heavy atom. The molecular formula is C15H19FN2O3. The number of carboxylic acid groups (broad SMARTS) is 1. The minimum atomic E-state index is -0.849. The zero-order valence-corrected chi connectivity index (χ0v) is 11.9. The molecule has 0 spiro atoms. The van der Waals surface area contributed by atoms with Crippen molar-refractivity contribution in [3.63, 3.8) is 0 Å². The summed E-state index contributed by atoms with van der Waals surface area (Å²) in [5.41, 5.74) is 0.837. The van der Waals surface area contributed by atoms with Gasteiger partial charge in [0.05, 0.1) is 6.42 Å². The van der Waals surface area contributed by atoms with Gasteiger partial charge in [0.2, 0.25) is 0 Å². The van der Waals surface area contributed by atoms with Crippen molar-refractivity contribution in [3.05, 3.63) is 29.6 Å². The number of benzene rings is 1. The molecule has 0 atom stereocenters. The maximum atomic E-state index is 13.1. The van der Waals surface area contributed by atoms with Crippen LogP contribution >= 0.6 is 0 Å². The first-order valence-electron chi connectivity index (χ1n) is 6.93. The second kappa shape index (κ2) is 6.11. The molecule has 1 aliphatic rings. The standard InChI is InChI=1S/C15H19FN2O3/c1-10-3-4-11(16)7-12(10)18-14(21)17-9-15(5-2-6-15)8-13(19)20/h3-4,7H,2,5-6,8-9H2,1H3,(H,19,20)(H2,17,18,21). The number of aryl methyl sites for hydroxylation is 1. The van der Waals surface area contributed by atoms with E-state index < -0.39 is 17.8 Å². The molecule has 1 aromatic rings. The fourth-order valence-electron chi connectivity index (χ4n) is 2.58. The van der Waals surface area contributed by atoms with Crippen LogP contribution in [0.5, 0.6) is 0 Å². The van der Waals surface area contributed by atoms with Crippen molar-refractivity contribution >= 4 is 17.7 Å². The third kappa shape index (κ3) is 3.93. The van der Waals surface area contributed by atoms with Crippen molar-refractivity contribution < 1.29 is 19.1 Å². The molecule has 6 heteroatoms. The summed E-state index contributed by atoms with van der Waals surface area (Å²) in [7, 11) is 0. The van der Waals surface area contributed by atoms with Gasteiger partial charge in [-0.05, 0) is 42.9 Å². The van der Waals surface area contributed by atoms with Crippen LogP contribution in [-0.4, -0.2) is 23.7 Å². The third-order valence-electron chi connectivity index (χ3n) is 4.01. The maximum absolute atomic E-state index is 13.1. The van der Waals surface area contributed by atoms with E-state index in [4.69, 9.17) is 5.11 Å². The van der Waals surface area contributed by atoms with Crippen molar-refractivity contribution in [2.75, 3.05) is 11.9 Å². The maximum Gasteiger partial charge on any atom is 0.319 e. The monoisotopic (exact) mass is 294 g/mol. The molecule has 0 aliphatic heterocycles. The molecule has 3 N–H and O–H groups in total. The van der Waals surface area contributed by atoms with Crippen molar-refractivity contribution in [3.8, 4) is 0 Å². The molecule has 0 radical (unpaired) electrons. The summed E-state index contributed by atoms with van der Waals surface area (Å²) in [5, 5.41) is 14.2. The zero-order valence-electron chi connectivity index (χ0n) is 11.9. The number of nitrogens with one attached hydrogen (secondary N) is 2. The third-order valence-corrected chi connectivity index (χ3v) is 4.01. The quantitative estimate of drug-likeness (QED) is 0.781. The molecular weight excluding hydrogens is 275 g/mol. The van der Waals surface area contributed by atoms with Crippen LogP contribution in [0.25, 0.3) is 0 Å². The van der Waals surface area contributed by atoms with Gasteiger partial charge in [-0.15, -0.1) is 0 Å². The average Bonchev–Trinajstić information content (AvgIpc) is 2.36. The first-order valence-corrected chi connectivity index (χ1v) is 6.93. The Morgan fingerprint density at radius 1 is 1.38 bits per heavy atom. The average molecular weight is 294 g/mol. The zero-order chi connectivity index (χ0) is 15.5. The van der Waals surface area contributed by atoms with Gasteiger partial charge in [-0.1, -0.05) is 12.5 Å². The molecule has 5 nitrogen and oxygen atoms in total. The fourth-order valence-corrected chi connectivity index (χ4v) is 2.58. The Morgan fingerprint density at radius 2 is 2.10 bits per heavy atom. The number of carboxylic acids is 1. The predicted octanol–water partition coefficient (Wildman–Crippen LogP) is 2.90. The Kier molecular flexibility index (Phi) is 4.45. The number of amides is 2. The first kappa shape index (κ1) is 15.3. The summed E-state index contributed by atoms with van der Waals surface area (Å²) < 4.78 is 13.1. The normalized spacial score (nSPS) is 15.9. The highest BCUT2D eigenvalue weighted by atomic mass is 19.1. The summed E-state index contributed by atoms with van der Waals surface area (Å²) in [6.07, 6.45) is 2.66. The topological polar surface area (TPSA) is 78.4 Å². The Labute approximate surface area is 122 Å². The van der Waals surface area contributed by atoms with E-state index in [-0.39, 0.29) is 11.8 Å². The van der Waals surface area contributed by atoms with Crippen LogP contribution in [0, 0.1) is 18.2 Å². The molecule has 2 rings (SSSR count). The number of carbonyl (C=O) groups is 2. The van der Waals surface area contributed by atoms with E-state index in [0.29, 0.717) is 12.2 Å². The lowest BCUT2D eigenvalue weighted by molar-refractivity contribution is -0.141. The van der Waals surface area contributed by atoms with Crippen LogP contribution < -0.4 is 10.6 Å². The number of urea groups is 1. The van der Waals surface area contributed by atoms with Crippen LogP contribution in [0.15, 0.2) is 18.2 Å². The molecule has 2 amide bonds. The smallest absolute Gasteiger partial charge is 0.319 e. The molecule has 21 heavy (non-hydrogen) atoms. The molecule has 0 heterocycles. The minimum Gasteiger partial charge on any atom is -0.481 e. The van der Waals surface area contributed by atoms with E-state index in [1.54, 1.807) is 13.0 Å². The van der Waals surface area contributed by atoms with Crippen LogP contribution in [0.1, 0.15) is 31.2 Å². The fraction of sp³-hybridized carbons (Fsp3) is 0.467. The lowest BCUT2D eigenvalue weighted by Gasteiger charge is -2.40. The Bertz CT molecular complexity index is 556. The van der Waals surface area contributed by atoms with E-state index >= 15 is 0 Å². The summed E-state index contributed by atoms with van der Waals surface area (Å²) in [6, 6.07) is 3.73. The van der Waals surface area contributed by atoms with Crippen molar-refractivity contribution in [1.29, 1.82) is 0 Å².